The second-order valence-electron chi connectivity index (χ2n) is 5.34. The van der Waals surface area contributed by atoms with Crippen LogP contribution in [0.4, 0.5) is 0 Å². The molecular formula is C17H21NO3. The number of hydrogen-bond acceptors (Lipinski definition) is 3. The molecule has 0 aliphatic carbocycles. The zero-order valence-electron chi connectivity index (χ0n) is 12.3. The zero-order chi connectivity index (χ0) is 15.2. The molecule has 1 heterocycles. The lowest BCUT2D eigenvalue weighted by molar-refractivity contribution is 0.0502. The molecule has 2 N–H and O–H groups in total. The minimum absolute atomic E-state index is 0.00475. The number of aryl methyl sites for hydroxylation is 1. The van der Waals surface area contributed by atoms with Gasteiger partial charge in [0.15, 0.2) is 0 Å². The van der Waals surface area contributed by atoms with Gasteiger partial charge in [-0.05, 0) is 38.3 Å². The van der Waals surface area contributed by atoms with Crippen LogP contribution in [0.3, 0.4) is 0 Å². The molecule has 1 fully saturated rings. The number of carbonyl (C=O) groups is 1. The van der Waals surface area contributed by atoms with Gasteiger partial charge in [0, 0.05) is 12.1 Å². The van der Waals surface area contributed by atoms with Crippen molar-refractivity contribution in [3.8, 4) is 11.8 Å². The van der Waals surface area contributed by atoms with Gasteiger partial charge in [0.2, 0.25) is 0 Å². The molecule has 1 amide bonds. The third-order valence-electron chi connectivity index (χ3n) is 3.81. The Morgan fingerprint density at radius 3 is 2.90 bits per heavy atom. The lowest BCUT2D eigenvalue weighted by Gasteiger charge is -2.35. The predicted molar refractivity (Wildman–Crippen MR) is 80.9 cm³/mol. The van der Waals surface area contributed by atoms with Crippen molar-refractivity contribution in [2.24, 2.45) is 0 Å². The zero-order valence-corrected chi connectivity index (χ0v) is 12.3. The monoisotopic (exact) mass is 287 g/mol. The first-order chi connectivity index (χ1) is 10.2. The van der Waals surface area contributed by atoms with E-state index in [0.717, 1.165) is 24.8 Å². The number of amides is 1. The number of hydrogen-bond donors (Lipinski definition) is 2. The summed E-state index contributed by atoms with van der Waals surface area (Å²) in [7, 11) is 0. The molecule has 1 unspecified atom stereocenters. The van der Waals surface area contributed by atoms with E-state index in [1.807, 2.05) is 25.1 Å². The summed E-state index contributed by atoms with van der Waals surface area (Å²) in [6, 6.07) is 5.43. The van der Waals surface area contributed by atoms with Crippen molar-refractivity contribution in [1.29, 1.82) is 0 Å². The van der Waals surface area contributed by atoms with Gasteiger partial charge < -0.3 is 15.1 Å². The molecule has 4 nitrogen and oxygen atoms in total. The fourth-order valence-electron chi connectivity index (χ4n) is 2.69. The average Bonchev–Trinajstić information content (AvgIpc) is 2.53. The summed E-state index contributed by atoms with van der Waals surface area (Å²) < 4.78 is 0. The third kappa shape index (κ3) is 3.63. The Morgan fingerprint density at radius 2 is 2.19 bits per heavy atom. The maximum absolute atomic E-state index is 12.8. The first-order valence-electron chi connectivity index (χ1n) is 7.29. The maximum atomic E-state index is 12.8. The van der Waals surface area contributed by atoms with Crippen molar-refractivity contribution in [3.05, 3.63) is 34.9 Å². The highest BCUT2D eigenvalue weighted by molar-refractivity contribution is 5.97. The number of piperidine rings is 1. The maximum Gasteiger partial charge on any atom is 0.255 e. The van der Waals surface area contributed by atoms with E-state index in [-0.39, 0.29) is 25.2 Å². The van der Waals surface area contributed by atoms with E-state index < -0.39 is 0 Å². The average molecular weight is 287 g/mol. The van der Waals surface area contributed by atoms with Gasteiger partial charge in [-0.1, -0.05) is 23.5 Å². The molecule has 1 atom stereocenters. The molecule has 0 aromatic heterocycles. The summed E-state index contributed by atoms with van der Waals surface area (Å²) in [6.07, 6.45) is 2.84. The molecule has 1 aliphatic rings. The molecule has 1 aromatic rings. The number of aliphatic hydroxyl groups is 2. The van der Waals surface area contributed by atoms with Crippen molar-refractivity contribution in [2.75, 3.05) is 19.8 Å². The van der Waals surface area contributed by atoms with Crippen molar-refractivity contribution in [2.45, 2.75) is 32.2 Å². The van der Waals surface area contributed by atoms with Gasteiger partial charge in [-0.25, -0.2) is 0 Å². The highest BCUT2D eigenvalue weighted by Crippen LogP contribution is 2.21. The highest BCUT2D eigenvalue weighted by Gasteiger charge is 2.28. The lowest BCUT2D eigenvalue weighted by Crippen LogP contribution is -2.45. The minimum atomic E-state index is -0.232. The Balaban J connectivity index is 2.35. The van der Waals surface area contributed by atoms with Crippen LogP contribution in [0.1, 0.15) is 40.7 Å². The largest absolute Gasteiger partial charge is 0.394 e. The Hall–Kier alpha value is -1.83. The Bertz CT molecular complexity index is 571. The van der Waals surface area contributed by atoms with E-state index in [2.05, 4.69) is 11.8 Å². The van der Waals surface area contributed by atoms with Crippen LogP contribution in [0.2, 0.25) is 0 Å². The number of aliphatic hydroxyl groups excluding tert-OH is 2. The van der Waals surface area contributed by atoms with Crippen LogP contribution < -0.4 is 0 Å². The molecule has 1 saturated heterocycles. The fourth-order valence-corrected chi connectivity index (χ4v) is 2.69. The molecular weight excluding hydrogens is 266 g/mol. The minimum Gasteiger partial charge on any atom is -0.394 e. The topological polar surface area (TPSA) is 60.8 Å². The first kappa shape index (κ1) is 15.6. The molecule has 112 valence electrons. The molecule has 0 saturated carbocycles. The Morgan fingerprint density at radius 1 is 1.38 bits per heavy atom. The van der Waals surface area contributed by atoms with Gasteiger partial charge in [0.05, 0.1) is 18.2 Å². The number of nitrogens with zero attached hydrogens (tertiary/aromatic N) is 1. The van der Waals surface area contributed by atoms with Gasteiger partial charge >= 0.3 is 0 Å². The van der Waals surface area contributed by atoms with Crippen molar-refractivity contribution >= 4 is 5.91 Å². The van der Waals surface area contributed by atoms with Gasteiger partial charge in [0.25, 0.3) is 5.91 Å². The van der Waals surface area contributed by atoms with Crippen LogP contribution in [0.25, 0.3) is 0 Å². The van der Waals surface area contributed by atoms with Crippen LogP contribution in [-0.4, -0.2) is 46.8 Å². The van der Waals surface area contributed by atoms with E-state index in [0.29, 0.717) is 17.7 Å². The molecule has 0 spiro atoms. The van der Waals surface area contributed by atoms with Gasteiger partial charge in [0.1, 0.15) is 6.61 Å². The lowest BCUT2D eigenvalue weighted by atomic mass is 9.98. The van der Waals surface area contributed by atoms with Crippen molar-refractivity contribution in [1.82, 2.24) is 4.90 Å². The second kappa shape index (κ2) is 7.26. The summed E-state index contributed by atoms with van der Waals surface area (Å²) in [4.78, 5) is 14.5. The molecule has 1 aromatic carbocycles. The van der Waals surface area contributed by atoms with Crippen LogP contribution in [0.15, 0.2) is 18.2 Å². The normalized spacial score (nSPS) is 18.0. The Kier molecular flexibility index (Phi) is 5.38. The first-order valence-corrected chi connectivity index (χ1v) is 7.29. The molecule has 21 heavy (non-hydrogen) atoms. The summed E-state index contributed by atoms with van der Waals surface area (Å²) in [5.41, 5.74) is 2.17. The van der Waals surface area contributed by atoms with Crippen LogP contribution in [-0.2, 0) is 0 Å². The van der Waals surface area contributed by atoms with Crippen molar-refractivity contribution < 1.29 is 15.0 Å². The second-order valence-corrected chi connectivity index (χ2v) is 5.34. The summed E-state index contributed by atoms with van der Waals surface area (Å²) >= 11 is 0. The van der Waals surface area contributed by atoms with Crippen LogP contribution in [0, 0.1) is 18.8 Å². The molecule has 1 aliphatic heterocycles. The van der Waals surface area contributed by atoms with E-state index in [1.54, 1.807) is 4.90 Å². The molecule has 4 heteroatoms. The van der Waals surface area contributed by atoms with Crippen LogP contribution in [0.5, 0.6) is 0 Å². The van der Waals surface area contributed by atoms with Crippen LogP contribution >= 0.6 is 0 Å². The Labute approximate surface area is 125 Å². The fraction of sp³-hybridized carbons (Fsp3) is 0.471. The number of rotatable bonds is 2. The summed E-state index contributed by atoms with van der Waals surface area (Å²) in [5, 5.41) is 18.3. The molecule has 2 rings (SSSR count). The number of carbonyl (C=O) groups excluding carboxylic acids is 1. The standard InChI is InChI=1S/C17H21NO3/c1-13-7-8-14(5-4-10-19)16(11-13)17(21)18-9-3-2-6-15(18)12-20/h7-8,11,15,19-20H,2-3,6,9-10,12H2,1H3. The van der Waals surface area contributed by atoms with E-state index in [1.165, 1.54) is 0 Å². The predicted octanol–water partition coefficient (Wildman–Crippen LogP) is 1.33. The van der Waals surface area contributed by atoms with Gasteiger partial charge in [-0.15, -0.1) is 0 Å². The van der Waals surface area contributed by atoms with Gasteiger partial charge in [-0.3, -0.25) is 4.79 Å². The molecule has 0 bridgehead atoms. The highest BCUT2D eigenvalue weighted by atomic mass is 16.3. The number of benzene rings is 1. The quantitative estimate of drug-likeness (QED) is 0.807. The van der Waals surface area contributed by atoms with E-state index in [9.17, 15) is 9.90 Å². The smallest absolute Gasteiger partial charge is 0.255 e. The van der Waals surface area contributed by atoms with E-state index in [4.69, 9.17) is 5.11 Å². The summed E-state index contributed by atoms with van der Waals surface area (Å²) in [6.45, 7) is 2.37. The summed E-state index contributed by atoms with van der Waals surface area (Å²) in [5.74, 6) is 5.34. The SMILES string of the molecule is Cc1ccc(C#CCO)c(C(=O)N2CCCCC2CO)c1. The number of likely N-dealkylation sites (tertiary alicyclic amines) is 1. The van der Waals surface area contributed by atoms with Crippen molar-refractivity contribution in [3.63, 3.8) is 0 Å². The molecule has 0 radical (unpaired) electrons. The third-order valence-corrected chi connectivity index (χ3v) is 3.81. The van der Waals surface area contributed by atoms with Gasteiger partial charge in [-0.2, -0.15) is 0 Å². The van der Waals surface area contributed by atoms with E-state index >= 15 is 0 Å².